The third-order valence-electron chi connectivity index (χ3n) is 4.10. The summed E-state index contributed by atoms with van der Waals surface area (Å²) >= 11 is 0. The average molecular weight is 312 g/mol. The van der Waals surface area contributed by atoms with Crippen LogP contribution < -0.4 is 10.2 Å². The highest BCUT2D eigenvalue weighted by Crippen LogP contribution is 2.25. The molecule has 116 valence electrons. The van der Waals surface area contributed by atoms with Crippen LogP contribution in [0.1, 0.15) is 24.8 Å². The Balaban J connectivity index is 1.79. The van der Waals surface area contributed by atoms with E-state index in [0.717, 1.165) is 11.3 Å². The van der Waals surface area contributed by atoms with E-state index >= 15 is 0 Å². The first-order valence-electron chi connectivity index (χ1n) is 7.51. The smallest absolute Gasteiger partial charge is 0.152 e. The van der Waals surface area contributed by atoms with Crippen molar-refractivity contribution >= 4 is 15.5 Å². The van der Waals surface area contributed by atoms with E-state index in [2.05, 4.69) is 10.2 Å². The van der Waals surface area contributed by atoms with Crippen LogP contribution in [0.2, 0.25) is 0 Å². The molecule has 1 aliphatic heterocycles. The summed E-state index contributed by atoms with van der Waals surface area (Å²) in [6.07, 6.45) is 3.01. The van der Waals surface area contributed by atoms with Gasteiger partial charge in [-0.15, -0.1) is 0 Å². The summed E-state index contributed by atoms with van der Waals surface area (Å²) in [5.41, 5.74) is 1.88. The first-order chi connectivity index (χ1) is 10.0. The predicted octanol–water partition coefficient (Wildman–Crippen LogP) is 1.70. The number of nitrogens with one attached hydrogen (secondary N) is 1. The molecule has 1 aromatic carbocycles. The van der Waals surface area contributed by atoms with Gasteiger partial charge in [0.25, 0.3) is 0 Å². The van der Waals surface area contributed by atoms with Crippen molar-refractivity contribution in [2.45, 2.75) is 31.8 Å². The largest absolute Gasteiger partial charge is 0.370 e. The van der Waals surface area contributed by atoms with Crippen LogP contribution >= 0.6 is 0 Å². The fourth-order valence-electron chi connectivity index (χ4n) is 2.73. The van der Waals surface area contributed by atoms with Gasteiger partial charge in [-0.3, -0.25) is 0 Å². The maximum Gasteiger partial charge on any atom is 0.152 e. The number of hydrogen-bond donors (Lipinski definition) is 1. The second-order valence-corrected chi connectivity index (χ2v) is 8.22. The van der Waals surface area contributed by atoms with E-state index in [1.165, 1.54) is 18.9 Å². The molecular weight excluding hydrogens is 291 g/mol. The van der Waals surface area contributed by atoms with Crippen molar-refractivity contribution in [1.82, 2.24) is 5.32 Å². The van der Waals surface area contributed by atoms with Crippen molar-refractivity contribution in [3.63, 3.8) is 0 Å². The molecule has 0 radical (unpaired) electrons. The first kappa shape index (κ1) is 14.8. The van der Waals surface area contributed by atoms with Gasteiger partial charge in [-0.25, -0.2) is 12.8 Å². The summed E-state index contributed by atoms with van der Waals surface area (Å²) in [5, 5.41) is 3.40. The van der Waals surface area contributed by atoms with Crippen molar-refractivity contribution in [3.8, 4) is 0 Å². The highest BCUT2D eigenvalue weighted by molar-refractivity contribution is 7.91. The van der Waals surface area contributed by atoms with Gasteiger partial charge in [-0.1, -0.05) is 0 Å². The molecule has 1 saturated carbocycles. The summed E-state index contributed by atoms with van der Waals surface area (Å²) in [4.78, 5) is 2.08. The van der Waals surface area contributed by atoms with Crippen LogP contribution in [0.15, 0.2) is 18.2 Å². The zero-order valence-electron chi connectivity index (χ0n) is 12.0. The van der Waals surface area contributed by atoms with Crippen LogP contribution in [0.25, 0.3) is 0 Å². The Hall–Kier alpha value is -1.14. The second-order valence-electron chi connectivity index (χ2n) is 5.92. The normalized spacial score (nSPS) is 22.0. The number of hydrogen-bond acceptors (Lipinski definition) is 4. The van der Waals surface area contributed by atoms with E-state index in [9.17, 15) is 12.8 Å². The summed E-state index contributed by atoms with van der Waals surface area (Å²) in [7, 11) is -2.93. The highest BCUT2D eigenvalue weighted by Gasteiger charge is 2.23. The van der Waals surface area contributed by atoms with Gasteiger partial charge in [0.15, 0.2) is 9.84 Å². The molecule has 0 spiro atoms. The molecule has 6 heteroatoms. The first-order valence-corrected chi connectivity index (χ1v) is 9.33. The highest BCUT2D eigenvalue weighted by atomic mass is 32.2. The molecule has 1 saturated heterocycles. The number of sulfone groups is 1. The summed E-state index contributed by atoms with van der Waals surface area (Å²) in [6.45, 7) is 1.84. The summed E-state index contributed by atoms with van der Waals surface area (Å²) < 4.78 is 36.9. The van der Waals surface area contributed by atoms with Crippen LogP contribution in [-0.4, -0.2) is 39.1 Å². The average Bonchev–Trinajstić information content (AvgIpc) is 3.25. The van der Waals surface area contributed by atoms with E-state index < -0.39 is 9.84 Å². The molecule has 0 atom stereocenters. The minimum absolute atomic E-state index is 0.180. The minimum Gasteiger partial charge on any atom is -0.370 e. The molecule has 0 amide bonds. The Kier molecular flexibility index (Phi) is 4.17. The van der Waals surface area contributed by atoms with E-state index in [-0.39, 0.29) is 17.3 Å². The van der Waals surface area contributed by atoms with Crippen molar-refractivity contribution in [2.75, 3.05) is 29.5 Å². The third-order valence-corrected chi connectivity index (χ3v) is 5.81. The van der Waals surface area contributed by atoms with Crippen LogP contribution in [0.3, 0.4) is 0 Å². The lowest BCUT2D eigenvalue weighted by atomic mass is 10.1. The molecule has 1 N–H and O–H groups in total. The van der Waals surface area contributed by atoms with Gasteiger partial charge in [0.2, 0.25) is 0 Å². The molecule has 0 unspecified atom stereocenters. The molecule has 1 aromatic rings. The van der Waals surface area contributed by atoms with Crippen LogP contribution in [-0.2, 0) is 16.4 Å². The summed E-state index contributed by atoms with van der Waals surface area (Å²) in [6, 6.07) is 5.35. The second kappa shape index (κ2) is 5.93. The topological polar surface area (TPSA) is 49.4 Å². The lowest BCUT2D eigenvalue weighted by Crippen LogP contribution is -2.28. The van der Waals surface area contributed by atoms with Gasteiger partial charge < -0.3 is 10.2 Å². The Morgan fingerprint density at radius 3 is 2.81 bits per heavy atom. The zero-order valence-corrected chi connectivity index (χ0v) is 12.8. The molecule has 1 aliphatic carbocycles. The number of benzene rings is 1. The Bertz CT molecular complexity index is 614. The minimum atomic E-state index is -2.93. The van der Waals surface area contributed by atoms with Crippen molar-refractivity contribution in [3.05, 3.63) is 29.6 Å². The van der Waals surface area contributed by atoms with Crippen molar-refractivity contribution in [2.24, 2.45) is 0 Å². The number of nitrogens with zero attached hydrogens (tertiary/aromatic N) is 1. The van der Waals surface area contributed by atoms with E-state index in [0.29, 0.717) is 32.1 Å². The molecule has 2 fully saturated rings. The lowest BCUT2D eigenvalue weighted by molar-refractivity contribution is 0.597. The number of anilines is 1. The van der Waals surface area contributed by atoms with Gasteiger partial charge in [0.05, 0.1) is 11.5 Å². The molecule has 2 aliphatic rings. The van der Waals surface area contributed by atoms with Gasteiger partial charge >= 0.3 is 0 Å². The number of rotatable bonds is 4. The molecule has 0 bridgehead atoms. The molecule has 0 aromatic heterocycles. The standard InChI is InChI=1S/C15H21FN2O2S/c16-13-2-5-15(12(10-13)11-17-14-3-4-14)18-6-1-8-21(19,20)9-7-18/h2,5,10,14,17H,1,3-4,6-9,11H2. The molecule has 4 nitrogen and oxygen atoms in total. The monoisotopic (exact) mass is 312 g/mol. The molecule has 3 rings (SSSR count). The van der Waals surface area contributed by atoms with Gasteiger partial charge in [-0.05, 0) is 43.0 Å². The molecular formula is C15H21FN2O2S. The van der Waals surface area contributed by atoms with Gasteiger partial charge in [0, 0.05) is 31.4 Å². The van der Waals surface area contributed by atoms with Crippen LogP contribution in [0.5, 0.6) is 0 Å². The van der Waals surface area contributed by atoms with E-state index in [4.69, 9.17) is 0 Å². The van der Waals surface area contributed by atoms with Gasteiger partial charge in [0.1, 0.15) is 5.82 Å². The zero-order chi connectivity index (χ0) is 14.9. The van der Waals surface area contributed by atoms with E-state index in [1.54, 1.807) is 12.1 Å². The maximum absolute atomic E-state index is 13.5. The Labute approximate surface area is 125 Å². The fourth-order valence-corrected chi connectivity index (χ4v) is 4.00. The number of halogens is 1. The van der Waals surface area contributed by atoms with Crippen LogP contribution in [0.4, 0.5) is 10.1 Å². The molecule has 1 heterocycles. The maximum atomic E-state index is 13.5. The molecule has 21 heavy (non-hydrogen) atoms. The predicted molar refractivity (Wildman–Crippen MR) is 81.7 cm³/mol. The van der Waals surface area contributed by atoms with Crippen molar-refractivity contribution in [1.29, 1.82) is 0 Å². The summed E-state index contributed by atoms with van der Waals surface area (Å²) in [5.74, 6) is 0.189. The third kappa shape index (κ3) is 3.95. The Morgan fingerprint density at radius 2 is 2.05 bits per heavy atom. The van der Waals surface area contributed by atoms with Gasteiger partial charge in [-0.2, -0.15) is 0 Å². The lowest BCUT2D eigenvalue weighted by Gasteiger charge is -2.25. The quantitative estimate of drug-likeness (QED) is 0.919. The van der Waals surface area contributed by atoms with E-state index in [1.807, 2.05) is 0 Å². The SMILES string of the molecule is O=S1(=O)CCCN(c2ccc(F)cc2CNC2CC2)CC1. The van der Waals surface area contributed by atoms with Crippen molar-refractivity contribution < 1.29 is 12.8 Å². The Morgan fingerprint density at radius 1 is 1.24 bits per heavy atom. The van der Waals surface area contributed by atoms with Crippen LogP contribution in [0, 0.1) is 5.82 Å². The fraction of sp³-hybridized carbons (Fsp3) is 0.600.